The largest absolute Gasteiger partial charge is 0.393 e. The second-order valence-corrected chi connectivity index (χ2v) is 16.0. The lowest BCUT2D eigenvalue weighted by Gasteiger charge is -2.43. The van der Waals surface area contributed by atoms with Gasteiger partial charge in [-0.2, -0.15) is 0 Å². The van der Waals surface area contributed by atoms with E-state index in [0.29, 0.717) is 16.2 Å². The summed E-state index contributed by atoms with van der Waals surface area (Å²) in [5, 5.41) is 29.9. The van der Waals surface area contributed by atoms with Crippen molar-refractivity contribution in [2.45, 2.75) is 145 Å². The van der Waals surface area contributed by atoms with Gasteiger partial charge < -0.3 is 15.3 Å². The van der Waals surface area contributed by atoms with Crippen LogP contribution in [-0.4, -0.2) is 33.1 Å². The molecular weight excluding hydrogens is 420 g/mol. The van der Waals surface area contributed by atoms with Crippen LogP contribution in [0.3, 0.4) is 0 Å². The first-order chi connectivity index (χ1) is 15.3. The molecule has 6 bridgehead atoms. The Kier molecular flexibility index (Phi) is 6.10. The van der Waals surface area contributed by atoms with Gasteiger partial charge in [0.05, 0.1) is 17.8 Å². The molecule has 0 aliphatic heterocycles. The standard InChI is InChI=1S/C11H20O.2C10H18O/c1-9(2)8-5-6-10(9,3)11(4,12)7-8;2*1-9(2)7-4-5-10(9,3)8(11)6-7/h8,12H,5-7H2,1-4H3;2*7-8,11H,4-6H2,1-3H3/t8?,10?,11-;2*7?,8-,10?/m010/s1. The lowest BCUT2D eigenvalue weighted by molar-refractivity contribution is -0.0745. The predicted octanol–water partition coefficient (Wildman–Crippen LogP) is 6.97. The molecule has 198 valence electrons. The number of fused-ring (bicyclic) bond motifs is 6. The van der Waals surface area contributed by atoms with Crippen LogP contribution in [0.5, 0.6) is 0 Å². The molecule has 6 aliphatic carbocycles. The van der Waals surface area contributed by atoms with Gasteiger partial charge in [0.1, 0.15) is 0 Å². The molecule has 0 aromatic heterocycles. The molecule has 3 heteroatoms. The molecule has 6 saturated carbocycles. The van der Waals surface area contributed by atoms with E-state index >= 15 is 0 Å². The molecule has 0 aromatic rings. The van der Waals surface area contributed by atoms with Crippen molar-refractivity contribution in [1.29, 1.82) is 0 Å². The van der Waals surface area contributed by atoms with Gasteiger partial charge in [-0.15, -0.1) is 0 Å². The summed E-state index contributed by atoms with van der Waals surface area (Å²) in [5.74, 6) is 2.31. The van der Waals surface area contributed by atoms with Gasteiger partial charge in [-0.25, -0.2) is 0 Å². The van der Waals surface area contributed by atoms with E-state index in [-0.39, 0.29) is 28.5 Å². The molecule has 9 atom stereocenters. The highest BCUT2D eigenvalue weighted by Gasteiger charge is 2.66. The summed E-state index contributed by atoms with van der Waals surface area (Å²) in [4.78, 5) is 0. The fraction of sp³-hybridized carbons (Fsp3) is 1.00. The van der Waals surface area contributed by atoms with Gasteiger partial charge in [-0.1, -0.05) is 62.3 Å². The lowest BCUT2D eigenvalue weighted by Crippen LogP contribution is -2.44. The van der Waals surface area contributed by atoms with Crippen molar-refractivity contribution >= 4 is 0 Å². The molecule has 6 fully saturated rings. The highest BCUT2D eigenvalue weighted by atomic mass is 16.3. The average molecular weight is 477 g/mol. The molecule has 3 nitrogen and oxygen atoms in total. The minimum Gasteiger partial charge on any atom is -0.393 e. The third kappa shape index (κ3) is 3.24. The number of rotatable bonds is 0. The maximum Gasteiger partial charge on any atom is 0.0681 e. The predicted molar refractivity (Wildman–Crippen MR) is 140 cm³/mol. The number of hydrogen-bond donors (Lipinski definition) is 3. The zero-order chi connectivity index (χ0) is 25.8. The molecule has 6 aliphatic rings. The Morgan fingerprint density at radius 1 is 0.529 bits per heavy atom. The van der Waals surface area contributed by atoms with Gasteiger partial charge in [-0.05, 0) is 110 Å². The maximum absolute atomic E-state index is 10.3. The maximum atomic E-state index is 10.3. The van der Waals surface area contributed by atoms with Gasteiger partial charge in [0, 0.05) is 5.41 Å². The summed E-state index contributed by atoms with van der Waals surface area (Å²) in [6, 6.07) is 0. The van der Waals surface area contributed by atoms with E-state index in [4.69, 9.17) is 0 Å². The Morgan fingerprint density at radius 2 is 0.912 bits per heavy atom. The molecule has 6 rings (SSSR count). The summed E-state index contributed by atoms with van der Waals surface area (Å²) >= 11 is 0. The van der Waals surface area contributed by atoms with E-state index < -0.39 is 5.60 Å². The quantitative estimate of drug-likeness (QED) is 0.354. The van der Waals surface area contributed by atoms with Crippen LogP contribution in [0.25, 0.3) is 0 Å². The molecule has 3 N–H and O–H groups in total. The first kappa shape index (κ1) is 26.9. The number of hydrogen-bond acceptors (Lipinski definition) is 3. The van der Waals surface area contributed by atoms with Crippen molar-refractivity contribution in [3.8, 4) is 0 Å². The van der Waals surface area contributed by atoms with Crippen molar-refractivity contribution in [3.63, 3.8) is 0 Å². The normalized spacial score (nSPS) is 54.4. The van der Waals surface area contributed by atoms with Crippen LogP contribution < -0.4 is 0 Å². The molecular formula is C31H56O3. The SMILES string of the molecule is CC1(C)C2CCC1(C)[C@@H](O)C2.CC1(C)C2CCC1(C)[C@@](C)(O)C2.CC1(C)C2CCC1(C)[C@H](O)C2. The Hall–Kier alpha value is -0.120. The Labute approximate surface area is 210 Å². The first-order valence-corrected chi connectivity index (χ1v) is 14.4. The van der Waals surface area contributed by atoms with Crippen LogP contribution in [0.2, 0.25) is 0 Å². The van der Waals surface area contributed by atoms with Gasteiger partial charge in [0.15, 0.2) is 0 Å². The average Bonchev–Trinajstić information content (AvgIpc) is 3.33. The van der Waals surface area contributed by atoms with Gasteiger partial charge in [0.2, 0.25) is 0 Å². The molecule has 0 heterocycles. The van der Waals surface area contributed by atoms with Crippen LogP contribution in [0.4, 0.5) is 0 Å². The van der Waals surface area contributed by atoms with Gasteiger partial charge in [-0.3, -0.25) is 0 Å². The van der Waals surface area contributed by atoms with Gasteiger partial charge >= 0.3 is 0 Å². The van der Waals surface area contributed by atoms with E-state index in [0.717, 1.165) is 37.0 Å². The third-order valence-corrected chi connectivity index (χ3v) is 14.8. The monoisotopic (exact) mass is 476 g/mol. The van der Waals surface area contributed by atoms with E-state index in [1.165, 1.54) is 38.5 Å². The highest BCUT2D eigenvalue weighted by molar-refractivity contribution is 5.16. The minimum absolute atomic E-state index is 0.0313. The molecule has 0 aromatic carbocycles. The third-order valence-electron chi connectivity index (χ3n) is 14.8. The topological polar surface area (TPSA) is 60.7 Å². The zero-order valence-electron chi connectivity index (χ0n) is 24.1. The summed E-state index contributed by atoms with van der Waals surface area (Å²) in [6.07, 6.45) is 10.7. The molecule has 0 radical (unpaired) electrons. The van der Waals surface area contributed by atoms with E-state index in [1.807, 2.05) is 6.92 Å². The van der Waals surface area contributed by atoms with Crippen LogP contribution in [0.1, 0.15) is 127 Å². The summed E-state index contributed by atoms with van der Waals surface area (Å²) in [5.41, 5.74) is 1.29. The van der Waals surface area contributed by atoms with Crippen molar-refractivity contribution < 1.29 is 15.3 Å². The number of aliphatic hydroxyl groups excluding tert-OH is 2. The summed E-state index contributed by atoms with van der Waals surface area (Å²) < 4.78 is 0. The zero-order valence-corrected chi connectivity index (χ0v) is 24.1. The highest BCUT2D eigenvalue weighted by Crippen LogP contribution is 2.69. The van der Waals surface area contributed by atoms with E-state index in [2.05, 4.69) is 62.3 Å². The van der Waals surface area contributed by atoms with E-state index in [1.54, 1.807) is 0 Å². The molecule has 0 saturated heterocycles. The second-order valence-electron chi connectivity index (χ2n) is 16.0. The molecule has 6 unspecified atom stereocenters. The van der Waals surface area contributed by atoms with Crippen molar-refractivity contribution in [1.82, 2.24) is 0 Å². The van der Waals surface area contributed by atoms with Crippen LogP contribution in [0.15, 0.2) is 0 Å². The second kappa shape index (κ2) is 7.70. The number of aliphatic hydroxyl groups is 3. The van der Waals surface area contributed by atoms with Crippen molar-refractivity contribution in [2.75, 3.05) is 0 Å². The van der Waals surface area contributed by atoms with Crippen LogP contribution in [-0.2, 0) is 0 Å². The summed E-state index contributed by atoms with van der Waals surface area (Å²) in [7, 11) is 0. The Balaban J connectivity index is 0.000000121. The Bertz CT molecular complexity index is 754. The first-order valence-electron chi connectivity index (χ1n) is 14.4. The molecule has 0 amide bonds. The van der Waals surface area contributed by atoms with Crippen LogP contribution >= 0.6 is 0 Å². The fourth-order valence-electron chi connectivity index (χ4n) is 9.95. The smallest absolute Gasteiger partial charge is 0.0681 e. The van der Waals surface area contributed by atoms with Crippen molar-refractivity contribution in [3.05, 3.63) is 0 Å². The van der Waals surface area contributed by atoms with Crippen LogP contribution in [0, 0.1) is 50.2 Å². The van der Waals surface area contributed by atoms with Crippen molar-refractivity contribution in [2.24, 2.45) is 50.2 Å². The Morgan fingerprint density at radius 3 is 1.03 bits per heavy atom. The van der Waals surface area contributed by atoms with E-state index in [9.17, 15) is 15.3 Å². The lowest BCUT2D eigenvalue weighted by atomic mass is 9.65. The summed E-state index contributed by atoms with van der Waals surface area (Å²) in [6.45, 7) is 22.7. The van der Waals surface area contributed by atoms with Gasteiger partial charge in [0.25, 0.3) is 0 Å². The molecule has 34 heavy (non-hydrogen) atoms. The fourth-order valence-corrected chi connectivity index (χ4v) is 9.95. The molecule has 0 spiro atoms. The minimum atomic E-state index is -0.417.